The lowest BCUT2D eigenvalue weighted by Crippen LogP contribution is -2.54. The van der Waals surface area contributed by atoms with E-state index in [4.69, 9.17) is 13.9 Å². The molecule has 3 aromatic heterocycles. The van der Waals surface area contributed by atoms with Gasteiger partial charge in [0, 0.05) is 45.0 Å². The van der Waals surface area contributed by atoms with Crippen molar-refractivity contribution in [3.63, 3.8) is 0 Å². The third-order valence-electron chi connectivity index (χ3n) is 9.24. The fourth-order valence-corrected chi connectivity index (χ4v) is 6.39. The van der Waals surface area contributed by atoms with E-state index in [2.05, 4.69) is 36.4 Å². The summed E-state index contributed by atoms with van der Waals surface area (Å²) < 4.78 is 47.2. The third kappa shape index (κ3) is 8.83. The Morgan fingerprint density at radius 3 is 2.48 bits per heavy atom. The molecule has 1 atom stereocenters. The molecule has 0 bridgehead atoms. The van der Waals surface area contributed by atoms with Gasteiger partial charge in [-0.05, 0) is 36.2 Å². The molecular weight excluding hydrogens is 762 g/mol. The quantitative estimate of drug-likeness (QED) is 0.0741. The number of fused-ring (bicyclic) bond motifs is 1. The van der Waals surface area contributed by atoms with Crippen LogP contribution in [0.4, 0.5) is 20.2 Å². The van der Waals surface area contributed by atoms with Crippen LogP contribution >= 0.6 is 0 Å². The second-order valence-corrected chi connectivity index (χ2v) is 13.2. The maximum absolute atomic E-state index is 13.9. The molecule has 2 aromatic carbocycles. The first-order chi connectivity index (χ1) is 28.1. The van der Waals surface area contributed by atoms with E-state index >= 15 is 0 Å². The molecule has 302 valence electrons. The van der Waals surface area contributed by atoms with Crippen molar-refractivity contribution < 1.29 is 46.6 Å². The molecule has 0 saturated carbocycles. The van der Waals surface area contributed by atoms with Crippen LogP contribution in [0.2, 0.25) is 0 Å². The van der Waals surface area contributed by atoms with Gasteiger partial charge in [0.25, 0.3) is 24.1 Å². The Morgan fingerprint density at radius 1 is 0.983 bits per heavy atom. The number of aryl methyl sites for hydroxylation is 1. The second-order valence-electron chi connectivity index (χ2n) is 13.2. The molecule has 18 nitrogen and oxygen atoms in total. The monoisotopic (exact) mass is 800 g/mol. The zero-order valence-electron chi connectivity index (χ0n) is 31.1. The molecule has 0 spiro atoms. The predicted octanol–water partition coefficient (Wildman–Crippen LogP) is 3.09. The number of hydrogen-bond acceptors (Lipinski definition) is 13. The van der Waals surface area contributed by atoms with E-state index in [1.54, 1.807) is 42.2 Å². The number of aromatic nitrogens is 5. The fourth-order valence-electron chi connectivity index (χ4n) is 6.39. The Kier molecular flexibility index (Phi) is 12.1. The number of carbonyl (C=O) groups excluding carboxylic acids is 5. The minimum Gasteiger partial charge on any atom is -0.444 e. The number of ether oxygens (including phenoxy) is 2. The Hall–Kier alpha value is -6.64. The van der Waals surface area contributed by atoms with E-state index in [0.717, 1.165) is 16.7 Å². The molecule has 4 N–H and O–H groups in total. The van der Waals surface area contributed by atoms with Crippen LogP contribution in [-0.2, 0) is 32.7 Å². The van der Waals surface area contributed by atoms with Crippen LogP contribution in [0.3, 0.4) is 0 Å². The zero-order valence-corrected chi connectivity index (χ0v) is 31.1. The summed E-state index contributed by atoms with van der Waals surface area (Å²) in [4.78, 5) is 68.0. The highest BCUT2D eigenvalue weighted by Gasteiger charge is 2.45. The average molecular weight is 801 g/mol. The largest absolute Gasteiger partial charge is 0.444 e. The summed E-state index contributed by atoms with van der Waals surface area (Å²) >= 11 is 0. The SMILES string of the molecule is Cn1cc(-c2nc(C(=O)Nc3cn(-c4ccc(CNCCOCCOCCNc5cccc6c5C(=O)N(C5CCC(=O)NC5=O)C6=O)cc4)nc3C(F)F)co2)cn1. The van der Waals surface area contributed by atoms with Crippen LogP contribution in [-0.4, -0.2) is 105 Å². The molecule has 5 aromatic rings. The summed E-state index contributed by atoms with van der Waals surface area (Å²) in [6, 6.07) is 10.9. The Bertz CT molecular complexity index is 2320. The molecule has 20 heteroatoms. The minimum absolute atomic E-state index is 0.0445. The van der Waals surface area contributed by atoms with E-state index in [1.165, 1.54) is 23.1 Å². The molecule has 0 aliphatic carbocycles. The smallest absolute Gasteiger partial charge is 0.284 e. The van der Waals surface area contributed by atoms with Gasteiger partial charge < -0.3 is 29.8 Å². The molecule has 2 aliphatic heterocycles. The van der Waals surface area contributed by atoms with Crippen molar-refractivity contribution in [3.05, 3.63) is 95.4 Å². The molecule has 58 heavy (non-hydrogen) atoms. The maximum Gasteiger partial charge on any atom is 0.284 e. The van der Waals surface area contributed by atoms with Crippen molar-refractivity contribution >= 4 is 40.9 Å². The average Bonchev–Trinajstić information content (AvgIpc) is 4.01. The van der Waals surface area contributed by atoms with Crippen molar-refractivity contribution in [3.8, 4) is 17.1 Å². The molecule has 1 unspecified atom stereocenters. The normalized spacial score (nSPS) is 15.3. The van der Waals surface area contributed by atoms with Gasteiger partial charge in [0.05, 0.1) is 66.9 Å². The van der Waals surface area contributed by atoms with Gasteiger partial charge in [-0.15, -0.1) is 0 Å². The molecule has 5 heterocycles. The van der Waals surface area contributed by atoms with Gasteiger partial charge in [0.1, 0.15) is 12.3 Å². The van der Waals surface area contributed by atoms with Crippen LogP contribution in [0, 0.1) is 0 Å². The fraction of sp³-hybridized carbons (Fsp3) is 0.316. The summed E-state index contributed by atoms with van der Waals surface area (Å²) in [5.41, 5.74) is 1.98. The van der Waals surface area contributed by atoms with Gasteiger partial charge in [-0.2, -0.15) is 10.2 Å². The van der Waals surface area contributed by atoms with Crippen molar-refractivity contribution in [1.29, 1.82) is 0 Å². The standard InChI is InChI=1S/C38H38F2N10O8/c1-48-19-23(18-43-48)36-45-28(21-58-36)34(52)44-27-20-49(47-32(27)33(39)40)24-7-5-22(6-8-24)17-41-11-13-56-15-16-57-14-12-42-26-4-2-3-25-31(26)38(55)50(37(25)54)29-9-10-30(51)46-35(29)53/h2-8,18-21,29,33,41-42H,9-17H2,1H3,(H,44,52)(H,46,51,53). The number of piperidine rings is 1. The molecule has 1 saturated heterocycles. The van der Waals surface area contributed by atoms with Crippen molar-refractivity contribution in [1.82, 2.24) is 40.1 Å². The van der Waals surface area contributed by atoms with Gasteiger partial charge in [0.2, 0.25) is 17.7 Å². The van der Waals surface area contributed by atoms with Crippen LogP contribution in [0.15, 0.2) is 71.7 Å². The number of rotatable bonds is 18. The highest BCUT2D eigenvalue weighted by atomic mass is 19.3. The summed E-state index contributed by atoms with van der Waals surface area (Å²) in [5, 5.41) is 19.1. The van der Waals surface area contributed by atoms with Crippen LogP contribution in [0.25, 0.3) is 17.1 Å². The number of imide groups is 2. The van der Waals surface area contributed by atoms with Gasteiger partial charge in [-0.1, -0.05) is 18.2 Å². The number of hydrogen-bond donors (Lipinski definition) is 4. The van der Waals surface area contributed by atoms with Crippen molar-refractivity contribution in [2.45, 2.75) is 31.9 Å². The molecule has 5 amide bonds. The first-order valence-corrected chi connectivity index (χ1v) is 18.2. The van der Waals surface area contributed by atoms with Crippen molar-refractivity contribution in [2.75, 3.05) is 50.2 Å². The number of amides is 5. The summed E-state index contributed by atoms with van der Waals surface area (Å²) in [6.07, 6.45) is 2.81. The number of anilines is 2. The first kappa shape index (κ1) is 39.6. The van der Waals surface area contributed by atoms with Crippen LogP contribution < -0.4 is 21.3 Å². The van der Waals surface area contributed by atoms with E-state index in [1.807, 2.05) is 12.1 Å². The predicted molar refractivity (Wildman–Crippen MR) is 200 cm³/mol. The van der Waals surface area contributed by atoms with Crippen LogP contribution in [0.5, 0.6) is 0 Å². The number of nitrogens with zero attached hydrogens (tertiary/aromatic N) is 6. The van der Waals surface area contributed by atoms with Gasteiger partial charge >= 0.3 is 0 Å². The number of carbonyl (C=O) groups is 5. The van der Waals surface area contributed by atoms with E-state index in [9.17, 15) is 32.8 Å². The number of alkyl halides is 2. The van der Waals surface area contributed by atoms with Crippen LogP contribution in [0.1, 0.15) is 61.7 Å². The molecular formula is C38H38F2N10O8. The first-order valence-electron chi connectivity index (χ1n) is 18.2. The van der Waals surface area contributed by atoms with E-state index in [0.29, 0.717) is 63.0 Å². The summed E-state index contributed by atoms with van der Waals surface area (Å²) in [6.45, 7) is 2.83. The lowest BCUT2D eigenvalue weighted by Gasteiger charge is -2.27. The third-order valence-corrected chi connectivity index (χ3v) is 9.24. The van der Waals surface area contributed by atoms with E-state index < -0.39 is 47.7 Å². The number of nitrogens with one attached hydrogen (secondary N) is 4. The second kappa shape index (κ2) is 17.7. The Labute approximate surface area is 328 Å². The molecule has 2 aliphatic rings. The van der Waals surface area contributed by atoms with Gasteiger partial charge in [0.15, 0.2) is 11.4 Å². The summed E-state index contributed by atoms with van der Waals surface area (Å²) in [7, 11) is 1.72. The Morgan fingerprint density at radius 2 is 1.76 bits per heavy atom. The van der Waals surface area contributed by atoms with Crippen molar-refractivity contribution in [2.24, 2.45) is 7.05 Å². The molecule has 0 radical (unpaired) electrons. The number of benzene rings is 2. The number of oxazole rings is 1. The molecule has 1 fully saturated rings. The zero-order chi connectivity index (χ0) is 40.8. The maximum atomic E-state index is 13.9. The number of halogens is 2. The highest BCUT2D eigenvalue weighted by Crippen LogP contribution is 2.32. The Balaban J connectivity index is 0.791. The highest BCUT2D eigenvalue weighted by molar-refractivity contribution is 6.25. The lowest BCUT2D eigenvalue weighted by atomic mass is 10.0. The molecule has 7 rings (SSSR count). The minimum atomic E-state index is -2.94. The summed E-state index contributed by atoms with van der Waals surface area (Å²) in [5.74, 6) is -2.83. The van der Waals surface area contributed by atoms with Gasteiger partial charge in [-0.25, -0.2) is 18.4 Å². The van der Waals surface area contributed by atoms with E-state index in [-0.39, 0.29) is 41.2 Å². The topological polar surface area (TPSA) is 217 Å². The lowest BCUT2D eigenvalue weighted by molar-refractivity contribution is -0.136. The van der Waals surface area contributed by atoms with Gasteiger partial charge in [-0.3, -0.25) is 38.9 Å².